The van der Waals surface area contributed by atoms with Crippen LogP contribution in [0.25, 0.3) is 0 Å². The number of hydrogen-bond acceptors (Lipinski definition) is 4. The fourth-order valence-corrected chi connectivity index (χ4v) is 2.17. The first kappa shape index (κ1) is 15.4. The predicted molar refractivity (Wildman–Crippen MR) is 82.7 cm³/mol. The Hall–Kier alpha value is -2.01. The van der Waals surface area contributed by atoms with E-state index in [1.54, 1.807) is 12.5 Å². The molecule has 1 aromatic carbocycles. The van der Waals surface area contributed by atoms with Crippen molar-refractivity contribution >= 4 is 0 Å². The minimum absolute atomic E-state index is 0.0814. The summed E-state index contributed by atoms with van der Waals surface area (Å²) in [6.45, 7) is 5.88. The number of imidazole rings is 1. The van der Waals surface area contributed by atoms with Crippen LogP contribution < -0.4 is 15.2 Å². The van der Waals surface area contributed by atoms with Gasteiger partial charge in [0.2, 0.25) is 0 Å². The van der Waals surface area contributed by atoms with Crippen molar-refractivity contribution in [2.75, 3.05) is 13.2 Å². The van der Waals surface area contributed by atoms with Crippen LogP contribution in [0.5, 0.6) is 11.5 Å². The summed E-state index contributed by atoms with van der Waals surface area (Å²) in [7, 11) is 0. The minimum Gasteiger partial charge on any atom is -0.490 e. The van der Waals surface area contributed by atoms with Gasteiger partial charge < -0.3 is 19.8 Å². The average Bonchev–Trinajstić information content (AvgIpc) is 2.94. The maximum atomic E-state index is 5.97. The highest BCUT2D eigenvalue weighted by Gasteiger charge is 2.12. The van der Waals surface area contributed by atoms with Gasteiger partial charge in [0.05, 0.1) is 19.5 Å². The van der Waals surface area contributed by atoms with Crippen LogP contribution in [0.4, 0.5) is 0 Å². The van der Waals surface area contributed by atoms with E-state index in [0.717, 1.165) is 30.0 Å². The maximum absolute atomic E-state index is 5.97. The first-order valence-corrected chi connectivity index (χ1v) is 7.29. The third kappa shape index (κ3) is 4.49. The van der Waals surface area contributed by atoms with Crippen molar-refractivity contribution in [2.24, 2.45) is 5.73 Å². The SMILES string of the molecule is CCOc1cccc(CC(C)N)c1OCCn1ccnc1. The van der Waals surface area contributed by atoms with Gasteiger partial charge >= 0.3 is 0 Å². The second-order valence-corrected chi connectivity index (χ2v) is 5.01. The third-order valence-electron chi connectivity index (χ3n) is 3.06. The van der Waals surface area contributed by atoms with Gasteiger partial charge in [0.15, 0.2) is 11.5 Å². The molecule has 0 saturated carbocycles. The van der Waals surface area contributed by atoms with Crippen molar-refractivity contribution in [3.8, 4) is 11.5 Å². The van der Waals surface area contributed by atoms with Crippen molar-refractivity contribution in [2.45, 2.75) is 32.9 Å². The van der Waals surface area contributed by atoms with E-state index >= 15 is 0 Å². The Morgan fingerprint density at radius 1 is 1.33 bits per heavy atom. The largest absolute Gasteiger partial charge is 0.490 e. The van der Waals surface area contributed by atoms with Crippen molar-refractivity contribution < 1.29 is 9.47 Å². The molecular formula is C16H23N3O2. The summed E-state index contributed by atoms with van der Waals surface area (Å²) in [5.74, 6) is 1.58. The molecule has 1 heterocycles. The van der Waals surface area contributed by atoms with Gasteiger partial charge in [-0.15, -0.1) is 0 Å². The minimum atomic E-state index is 0.0814. The summed E-state index contributed by atoms with van der Waals surface area (Å²) >= 11 is 0. The number of aromatic nitrogens is 2. The van der Waals surface area contributed by atoms with Crippen molar-refractivity contribution in [1.82, 2.24) is 9.55 Å². The molecule has 5 heteroatoms. The van der Waals surface area contributed by atoms with E-state index in [9.17, 15) is 0 Å². The number of ether oxygens (including phenoxy) is 2. The Kier molecular flexibility index (Phi) is 5.63. The Labute approximate surface area is 125 Å². The molecule has 0 spiro atoms. The van der Waals surface area contributed by atoms with E-state index in [-0.39, 0.29) is 6.04 Å². The molecule has 1 aromatic heterocycles. The zero-order chi connectivity index (χ0) is 15.1. The fourth-order valence-electron chi connectivity index (χ4n) is 2.17. The van der Waals surface area contributed by atoms with Gasteiger partial charge in [-0.05, 0) is 31.9 Å². The maximum Gasteiger partial charge on any atom is 0.164 e. The van der Waals surface area contributed by atoms with Gasteiger partial charge in [0, 0.05) is 18.4 Å². The number of nitrogens with zero attached hydrogens (tertiary/aromatic N) is 2. The lowest BCUT2D eigenvalue weighted by molar-refractivity contribution is 0.263. The number of benzene rings is 1. The molecule has 0 fully saturated rings. The summed E-state index contributed by atoms with van der Waals surface area (Å²) in [6, 6.07) is 6.03. The monoisotopic (exact) mass is 289 g/mol. The molecule has 0 radical (unpaired) electrons. The first-order valence-electron chi connectivity index (χ1n) is 7.29. The second kappa shape index (κ2) is 7.69. The lowest BCUT2D eigenvalue weighted by Crippen LogP contribution is -2.19. The molecule has 0 aliphatic carbocycles. The number of nitrogens with two attached hydrogens (primary N) is 1. The molecule has 1 unspecified atom stereocenters. The van der Waals surface area contributed by atoms with Gasteiger partial charge in [-0.1, -0.05) is 12.1 Å². The van der Waals surface area contributed by atoms with Gasteiger partial charge in [0.25, 0.3) is 0 Å². The second-order valence-electron chi connectivity index (χ2n) is 5.01. The van der Waals surface area contributed by atoms with Crippen LogP contribution >= 0.6 is 0 Å². The molecule has 0 amide bonds. The normalized spacial score (nSPS) is 12.1. The van der Waals surface area contributed by atoms with Crippen LogP contribution in [0.1, 0.15) is 19.4 Å². The van der Waals surface area contributed by atoms with Gasteiger partial charge in [-0.3, -0.25) is 0 Å². The molecule has 2 rings (SSSR count). The fraction of sp³-hybridized carbons (Fsp3) is 0.438. The van der Waals surface area contributed by atoms with E-state index in [4.69, 9.17) is 15.2 Å². The summed E-state index contributed by atoms with van der Waals surface area (Å²) < 4.78 is 13.6. The zero-order valence-electron chi connectivity index (χ0n) is 12.7. The molecule has 2 aromatic rings. The van der Waals surface area contributed by atoms with Gasteiger partial charge in [-0.2, -0.15) is 0 Å². The molecule has 5 nitrogen and oxygen atoms in total. The highest BCUT2D eigenvalue weighted by Crippen LogP contribution is 2.32. The van der Waals surface area contributed by atoms with Crippen LogP contribution in [-0.4, -0.2) is 28.8 Å². The molecule has 0 bridgehead atoms. The summed E-state index contributed by atoms with van der Waals surface area (Å²) in [6.07, 6.45) is 6.22. The molecule has 0 aliphatic rings. The van der Waals surface area contributed by atoms with Gasteiger partial charge in [-0.25, -0.2) is 4.98 Å². The van der Waals surface area contributed by atoms with Gasteiger partial charge in [0.1, 0.15) is 6.61 Å². The van der Waals surface area contributed by atoms with Crippen molar-refractivity contribution in [1.29, 1.82) is 0 Å². The summed E-state index contributed by atoms with van der Waals surface area (Å²) in [5, 5.41) is 0. The zero-order valence-corrected chi connectivity index (χ0v) is 12.7. The highest BCUT2D eigenvalue weighted by molar-refractivity contribution is 5.47. The first-order chi connectivity index (χ1) is 10.2. The van der Waals surface area contributed by atoms with E-state index in [1.807, 2.05) is 42.8 Å². The van der Waals surface area contributed by atoms with E-state index in [1.165, 1.54) is 0 Å². The molecule has 114 valence electrons. The van der Waals surface area contributed by atoms with Crippen molar-refractivity contribution in [3.63, 3.8) is 0 Å². The van der Waals surface area contributed by atoms with Crippen LogP contribution in [0.2, 0.25) is 0 Å². The summed E-state index contributed by atoms with van der Waals surface area (Å²) in [4.78, 5) is 4.02. The number of rotatable bonds is 8. The molecule has 0 aliphatic heterocycles. The molecule has 2 N–H and O–H groups in total. The van der Waals surface area contributed by atoms with E-state index in [2.05, 4.69) is 4.98 Å². The molecule has 0 saturated heterocycles. The lowest BCUT2D eigenvalue weighted by Gasteiger charge is -2.17. The Morgan fingerprint density at radius 2 is 2.19 bits per heavy atom. The van der Waals surface area contributed by atoms with Crippen molar-refractivity contribution in [3.05, 3.63) is 42.5 Å². The third-order valence-corrected chi connectivity index (χ3v) is 3.06. The van der Waals surface area contributed by atoms with E-state index < -0.39 is 0 Å². The van der Waals surface area contributed by atoms with E-state index in [0.29, 0.717) is 13.2 Å². The molecular weight excluding hydrogens is 266 g/mol. The lowest BCUT2D eigenvalue weighted by atomic mass is 10.1. The topological polar surface area (TPSA) is 62.3 Å². The Bertz CT molecular complexity index is 538. The Morgan fingerprint density at radius 3 is 2.86 bits per heavy atom. The Balaban J connectivity index is 2.09. The average molecular weight is 289 g/mol. The predicted octanol–water partition coefficient (Wildman–Crippen LogP) is 2.25. The quantitative estimate of drug-likeness (QED) is 0.809. The standard InChI is InChI=1S/C16H23N3O2/c1-3-20-15-6-4-5-14(11-13(2)17)16(15)21-10-9-19-8-7-18-12-19/h4-8,12-13H,3,9-11,17H2,1-2H3. The van der Waals surface area contributed by atoms with Crippen LogP contribution in [0.3, 0.4) is 0 Å². The highest BCUT2D eigenvalue weighted by atomic mass is 16.5. The van der Waals surface area contributed by atoms with Crippen LogP contribution in [0.15, 0.2) is 36.9 Å². The number of hydrogen-bond donors (Lipinski definition) is 1. The van der Waals surface area contributed by atoms with Crippen LogP contribution in [-0.2, 0) is 13.0 Å². The molecule has 1 atom stereocenters. The smallest absolute Gasteiger partial charge is 0.164 e. The number of para-hydroxylation sites is 1. The van der Waals surface area contributed by atoms with Crippen LogP contribution in [0, 0.1) is 0 Å². The molecule has 21 heavy (non-hydrogen) atoms. The summed E-state index contributed by atoms with van der Waals surface area (Å²) in [5.41, 5.74) is 7.00.